The first kappa shape index (κ1) is 24.6. The number of hydrogen-bond donors (Lipinski definition) is 3. The fraction of sp³-hybridized carbons (Fsp3) is 0.214. The minimum atomic E-state index is -2.75. The van der Waals surface area contributed by atoms with Crippen molar-refractivity contribution < 1.29 is 55.8 Å². The van der Waals surface area contributed by atoms with E-state index in [1.807, 2.05) is 5.32 Å². The molecule has 0 unspecified atom stereocenters. The van der Waals surface area contributed by atoms with Crippen LogP contribution in [0.1, 0.15) is 12.8 Å². The fourth-order valence-electron chi connectivity index (χ4n) is 1.73. The van der Waals surface area contributed by atoms with Crippen LogP contribution in [-0.4, -0.2) is 62.2 Å². The minimum Gasteiger partial charge on any atom is -0.481 e. The third-order valence-electron chi connectivity index (χ3n) is 2.93. The molecule has 0 aromatic heterocycles. The largest absolute Gasteiger partial charge is 0.481 e. The Bertz CT molecular complexity index is 993. The first-order chi connectivity index (χ1) is 14.1. The Kier molecular flexibility index (Phi) is 9.97. The molecule has 0 bridgehead atoms. The number of amides is 1. The maximum absolute atomic E-state index is 11.8. The Hall–Kier alpha value is -3.47. The molecule has 1 atom stereocenters. The highest BCUT2D eigenvalue weighted by molar-refractivity contribution is 7.71. The molecule has 0 aliphatic carbocycles. The second-order valence-electron chi connectivity index (χ2n) is 5.03. The minimum absolute atomic E-state index is 0.0176. The molecule has 30 heavy (non-hydrogen) atoms. The third kappa shape index (κ3) is 9.64. The van der Waals surface area contributed by atoms with Crippen molar-refractivity contribution in [1.82, 2.24) is 5.32 Å². The van der Waals surface area contributed by atoms with Gasteiger partial charge in [0.05, 0.1) is 5.69 Å². The molecule has 14 nitrogen and oxygen atoms in total. The SMILES string of the molecule is O=C(O)CC[C@H](NC(=O)Oc1ccc(N(OC=S(=O)=O)OC=S(=O)=O)cc1)C(=O)O. The number of ether oxygens (including phenoxy) is 1. The van der Waals surface area contributed by atoms with E-state index >= 15 is 0 Å². The third-order valence-corrected chi connectivity index (χ3v) is 3.42. The van der Waals surface area contributed by atoms with Crippen LogP contribution in [0.2, 0.25) is 0 Å². The molecular formula is C14H14N2O12S2. The van der Waals surface area contributed by atoms with Crippen LogP contribution in [0.25, 0.3) is 0 Å². The molecule has 3 N–H and O–H groups in total. The maximum Gasteiger partial charge on any atom is 0.413 e. The molecular weight excluding hydrogens is 452 g/mol. The number of carbonyl (C=O) groups is 3. The maximum atomic E-state index is 11.8. The zero-order valence-electron chi connectivity index (χ0n) is 14.7. The molecule has 1 aromatic carbocycles. The molecule has 0 heterocycles. The molecule has 0 radical (unpaired) electrons. The number of carboxylic acid groups (broad SMARTS) is 2. The molecule has 1 aromatic rings. The van der Waals surface area contributed by atoms with E-state index in [1.54, 1.807) is 0 Å². The van der Waals surface area contributed by atoms with Gasteiger partial charge in [-0.3, -0.25) is 4.79 Å². The van der Waals surface area contributed by atoms with Gasteiger partial charge < -0.3 is 20.3 Å². The second kappa shape index (κ2) is 12.2. The van der Waals surface area contributed by atoms with Crippen LogP contribution >= 0.6 is 0 Å². The molecule has 0 saturated heterocycles. The van der Waals surface area contributed by atoms with Gasteiger partial charge in [-0.25, -0.2) is 19.3 Å². The molecule has 164 valence electrons. The van der Waals surface area contributed by atoms with E-state index < -0.39 is 51.1 Å². The van der Waals surface area contributed by atoms with Gasteiger partial charge in [0.25, 0.3) is 0 Å². The average molecular weight is 466 g/mol. The first-order valence-corrected chi connectivity index (χ1v) is 9.85. The molecule has 0 aliphatic heterocycles. The summed E-state index contributed by atoms with van der Waals surface area (Å²) >= 11 is 0. The van der Waals surface area contributed by atoms with Gasteiger partial charge in [0.1, 0.15) is 11.8 Å². The van der Waals surface area contributed by atoms with Gasteiger partial charge in [-0.1, -0.05) is 0 Å². The molecule has 0 aliphatic rings. The Morgan fingerprint density at radius 1 is 1.00 bits per heavy atom. The Morgan fingerprint density at radius 3 is 1.97 bits per heavy atom. The standard InChI is InChI=1S/C14H14N2O12S2/c17-12(18)6-5-11(13(19)20)15-14(21)28-10-3-1-9(2-4-10)16(26-7-29(22)23)27-8-30(24)25/h1-4,7-8,11H,5-6H2,(H,15,21)(H,17,18)(H,19,20)/t11-/m0/s1. The number of aliphatic carboxylic acids is 2. The first-order valence-electron chi connectivity index (χ1n) is 7.58. The van der Waals surface area contributed by atoms with Crippen LogP contribution in [0, 0.1) is 0 Å². The van der Waals surface area contributed by atoms with Gasteiger partial charge in [0.2, 0.25) is 20.6 Å². The van der Waals surface area contributed by atoms with Gasteiger partial charge in [0, 0.05) is 6.42 Å². The van der Waals surface area contributed by atoms with Crippen molar-refractivity contribution in [3.63, 3.8) is 0 Å². The van der Waals surface area contributed by atoms with Crippen molar-refractivity contribution in [3.05, 3.63) is 24.3 Å². The second-order valence-corrected chi connectivity index (χ2v) is 6.46. The lowest BCUT2D eigenvalue weighted by atomic mass is 10.1. The van der Waals surface area contributed by atoms with Crippen molar-refractivity contribution in [2.75, 3.05) is 5.23 Å². The smallest absolute Gasteiger partial charge is 0.413 e. The van der Waals surface area contributed by atoms with E-state index in [2.05, 4.69) is 9.68 Å². The van der Waals surface area contributed by atoms with Crippen molar-refractivity contribution in [2.45, 2.75) is 18.9 Å². The number of anilines is 1. The van der Waals surface area contributed by atoms with Crippen LogP contribution < -0.4 is 15.3 Å². The zero-order chi connectivity index (χ0) is 22.7. The quantitative estimate of drug-likeness (QED) is 0.266. The summed E-state index contributed by atoms with van der Waals surface area (Å²) < 4.78 is 47.0. The molecule has 1 rings (SSSR count). The van der Waals surface area contributed by atoms with Crippen molar-refractivity contribution >= 4 is 55.4 Å². The number of carbonyl (C=O) groups excluding carboxylic acids is 1. The molecule has 0 saturated carbocycles. The van der Waals surface area contributed by atoms with E-state index in [4.69, 9.17) is 14.9 Å². The zero-order valence-corrected chi connectivity index (χ0v) is 16.3. The van der Waals surface area contributed by atoms with Gasteiger partial charge >= 0.3 is 18.0 Å². The number of benzene rings is 1. The lowest BCUT2D eigenvalue weighted by Gasteiger charge is -2.17. The summed E-state index contributed by atoms with van der Waals surface area (Å²) in [5, 5.41) is 20.0. The highest BCUT2D eigenvalue weighted by Gasteiger charge is 2.22. The normalized spacial score (nSPS) is 10.9. The Balaban J connectivity index is 2.84. The number of nitrogens with zero attached hydrogens (tertiary/aromatic N) is 1. The van der Waals surface area contributed by atoms with Crippen LogP contribution in [0.3, 0.4) is 0 Å². The fourth-order valence-corrected chi connectivity index (χ4v) is 2.03. The van der Waals surface area contributed by atoms with E-state index in [9.17, 15) is 31.2 Å². The topological polar surface area (TPSA) is 203 Å². The number of carboxylic acids is 2. The lowest BCUT2D eigenvalue weighted by molar-refractivity contribution is -0.140. The summed E-state index contributed by atoms with van der Waals surface area (Å²) in [5.74, 6) is -2.78. The highest BCUT2D eigenvalue weighted by Crippen LogP contribution is 2.20. The lowest BCUT2D eigenvalue weighted by Crippen LogP contribution is -2.42. The summed E-state index contributed by atoms with van der Waals surface area (Å²) in [7, 11) is -5.50. The molecule has 0 spiro atoms. The number of nitrogens with one attached hydrogen (secondary N) is 1. The van der Waals surface area contributed by atoms with Crippen LogP contribution in [-0.2, 0) is 39.9 Å². The van der Waals surface area contributed by atoms with Crippen molar-refractivity contribution in [1.29, 1.82) is 0 Å². The van der Waals surface area contributed by atoms with Gasteiger partial charge in [-0.2, -0.15) is 16.8 Å². The van der Waals surface area contributed by atoms with E-state index in [0.717, 1.165) is 0 Å². The van der Waals surface area contributed by atoms with Crippen LogP contribution in [0.4, 0.5) is 10.5 Å². The van der Waals surface area contributed by atoms with Crippen molar-refractivity contribution in [3.8, 4) is 5.75 Å². The predicted molar refractivity (Wildman–Crippen MR) is 98.5 cm³/mol. The van der Waals surface area contributed by atoms with Crippen LogP contribution in [0.15, 0.2) is 24.3 Å². The summed E-state index contributed by atoms with van der Waals surface area (Å²) in [4.78, 5) is 42.6. The van der Waals surface area contributed by atoms with Crippen molar-refractivity contribution in [2.24, 2.45) is 0 Å². The highest BCUT2D eigenvalue weighted by atomic mass is 32.2. The predicted octanol–water partition coefficient (Wildman–Crippen LogP) is -0.960. The van der Waals surface area contributed by atoms with Gasteiger partial charge in [-0.05, 0) is 30.7 Å². The number of rotatable bonds is 11. The van der Waals surface area contributed by atoms with E-state index in [0.29, 0.717) is 16.3 Å². The Morgan fingerprint density at radius 2 is 1.53 bits per heavy atom. The molecule has 16 heteroatoms. The van der Waals surface area contributed by atoms with Gasteiger partial charge in [-0.15, -0.1) is 5.23 Å². The Labute approximate surface area is 171 Å². The summed E-state index contributed by atoms with van der Waals surface area (Å²) in [5.41, 5.74) is 0.599. The summed E-state index contributed by atoms with van der Waals surface area (Å²) in [6, 6.07) is 3.22. The average Bonchev–Trinajstić information content (AvgIpc) is 2.65. The molecule has 1 amide bonds. The molecule has 0 fully saturated rings. The number of hydrogen-bond acceptors (Lipinski definition) is 11. The van der Waals surface area contributed by atoms with Crippen LogP contribution in [0.5, 0.6) is 5.75 Å². The van der Waals surface area contributed by atoms with Gasteiger partial charge in [0.15, 0.2) is 11.1 Å². The summed E-state index contributed by atoms with van der Waals surface area (Å²) in [6.07, 6.45) is -2.02. The van der Waals surface area contributed by atoms with E-state index in [1.165, 1.54) is 24.3 Å². The van der Waals surface area contributed by atoms with E-state index in [-0.39, 0.29) is 17.9 Å². The monoisotopic (exact) mass is 466 g/mol. The summed E-state index contributed by atoms with van der Waals surface area (Å²) in [6.45, 7) is 0.